The average Bonchev–Trinajstić information content (AvgIpc) is 3.54. The fourth-order valence-corrected chi connectivity index (χ4v) is 12.9. The highest BCUT2D eigenvalue weighted by molar-refractivity contribution is 5.69. The molecule has 0 aromatic heterocycles. The van der Waals surface area contributed by atoms with Crippen LogP contribution in [0.1, 0.15) is 196 Å². The number of ether oxygens (including phenoxy) is 3. The summed E-state index contributed by atoms with van der Waals surface area (Å²) >= 11 is 0. The van der Waals surface area contributed by atoms with Crippen molar-refractivity contribution in [1.82, 2.24) is 0 Å². The van der Waals surface area contributed by atoms with Gasteiger partial charge in [-0.1, -0.05) is 137 Å². The van der Waals surface area contributed by atoms with Gasteiger partial charge in [0, 0.05) is 6.42 Å². The lowest BCUT2D eigenvalue weighted by Crippen LogP contribution is -2.60. The van der Waals surface area contributed by atoms with Crippen LogP contribution in [-0.4, -0.2) is 64.7 Å². The first-order valence-corrected chi connectivity index (χ1v) is 24.0. The minimum Gasteiger partial charge on any atom is -0.463 e. The van der Waals surface area contributed by atoms with Crippen molar-refractivity contribution in [3.05, 3.63) is 11.6 Å². The average molecular weight is 787 g/mol. The monoisotopic (exact) mass is 787 g/mol. The molecule has 0 radical (unpaired) electrons. The summed E-state index contributed by atoms with van der Waals surface area (Å²) in [7, 11) is 0. The number of carbonyl (C=O) groups excluding carboxylic acids is 1. The molecule has 0 aromatic rings. The summed E-state index contributed by atoms with van der Waals surface area (Å²) in [4.78, 5) is 12.6. The minimum atomic E-state index is -1.44. The fourth-order valence-electron chi connectivity index (χ4n) is 12.9. The minimum absolute atomic E-state index is 0.138. The normalized spacial score (nSPS) is 38.0. The molecule has 0 amide bonds. The van der Waals surface area contributed by atoms with Crippen molar-refractivity contribution in [3.63, 3.8) is 0 Å². The molecule has 0 spiro atoms. The number of rotatable bonds is 22. The van der Waals surface area contributed by atoms with Gasteiger partial charge in [0.05, 0.1) is 6.10 Å². The van der Waals surface area contributed by atoms with Gasteiger partial charge in [0.1, 0.15) is 31.0 Å². The van der Waals surface area contributed by atoms with Crippen LogP contribution >= 0.6 is 0 Å². The topological polar surface area (TPSA) is 105 Å². The molecule has 7 heteroatoms. The first-order chi connectivity index (χ1) is 26.8. The molecule has 4 aliphatic carbocycles. The van der Waals surface area contributed by atoms with Crippen LogP contribution < -0.4 is 0 Å². The maximum atomic E-state index is 12.6. The molecular formula is C49H86O7. The zero-order valence-electron chi connectivity index (χ0n) is 37.0. The smallest absolute Gasteiger partial charge is 0.305 e. The van der Waals surface area contributed by atoms with Crippen molar-refractivity contribution >= 4 is 5.97 Å². The Kier molecular flexibility index (Phi) is 17.7. The maximum absolute atomic E-state index is 12.6. The molecular weight excluding hydrogens is 701 g/mol. The van der Waals surface area contributed by atoms with E-state index < -0.39 is 30.7 Å². The van der Waals surface area contributed by atoms with Crippen molar-refractivity contribution in [1.29, 1.82) is 0 Å². The Morgan fingerprint density at radius 2 is 1.50 bits per heavy atom. The molecule has 1 aliphatic heterocycles. The largest absolute Gasteiger partial charge is 0.463 e. The molecule has 0 aromatic carbocycles. The van der Waals surface area contributed by atoms with Crippen molar-refractivity contribution in [2.24, 2.45) is 52.3 Å². The highest BCUT2D eigenvalue weighted by Crippen LogP contribution is 2.67. The summed E-state index contributed by atoms with van der Waals surface area (Å²) in [6.07, 6.45) is 23.3. The van der Waals surface area contributed by atoms with Gasteiger partial charge in [-0.25, -0.2) is 0 Å². The van der Waals surface area contributed by atoms with E-state index in [4.69, 9.17) is 14.2 Å². The molecule has 14 unspecified atom stereocenters. The van der Waals surface area contributed by atoms with Gasteiger partial charge in [0.2, 0.25) is 0 Å². The summed E-state index contributed by atoms with van der Waals surface area (Å²) < 4.78 is 18.0. The van der Waals surface area contributed by atoms with Crippen LogP contribution in [-0.2, 0) is 19.0 Å². The summed E-state index contributed by atoms with van der Waals surface area (Å²) in [5.74, 6) is 5.24. The van der Waals surface area contributed by atoms with Gasteiger partial charge in [-0.3, -0.25) is 4.79 Å². The molecule has 1 heterocycles. The second-order valence-corrected chi connectivity index (χ2v) is 20.4. The van der Waals surface area contributed by atoms with E-state index in [1.807, 2.05) is 0 Å². The molecule has 14 atom stereocenters. The third-order valence-corrected chi connectivity index (χ3v) is 16.7. The highest BCUT2D eigenvalue weighted by atomic mass is 16.7. The number of unbranched alkanes of at least 4 members (excludes halogenated alkanes) is 10. The van der Waals surface area contributed by atoms with E-state index in [9.17, 15) is 20.1 Å². The van der Waals surface area contributed by atoms with Crippen LogP contribution in [0.3, 0.4) is 0 Å². The standard InChI is InChI=1S/C49H86O7/c1-8-10-11-12-13-14-15-16-17-18-19-20-43(50)54-32-42-44(51)45(52)46(53)47(56-42)55-37-27-29-48(6)36(31-37)23-24-38-40-26-25-39(49(40,7)30-28-41(38)48)34(5)21-22-35(9-2)33(3)4/h23,33-35,37-42,44-47,51-53H,8-22,24-32H2,1-7H3. The molecule has 5 aliphatic rings. The predicted molar refractivity (Wildman–Crippen MR) is 226 cm³/mol. The molecule has 7 nitrogen and oxygen atoms in total. The van der Waals surface area contributed by atoms with Crippen LogP contribution in [0.5, 0.6) is 0 Å². The molecule has 3 saturated carbocycles. The van der Waals surface area contributed by atoms with Crippen LogP contribution in [0.15, 0.2) is 11.6 Å². The Hall–Kier alpha value is -0.990. The Bertz CT molecular complexity index is 1220. The van der Waals surface area contributed by atoms with Crippen molar-refractivity contribution in [3.8, 4) is 0 Å². The quantitative estimate of drug-likeness (QED) is 0.0570. The van der Waals surface area contributed by atoms with Crippen LogP contribution in [0, 0.1) is 52.3 Å². The number of aliphatic hydroxyl groups excluding tert-OH is 3. The van der Waals surface area contributed by atoms with E-state index >= 15 is 0 Å². The molecule has 324 valence electrons. The lowest BCUT2D eigenvalue weighted by atomic mass is 9.47. The molecule has 4 fully saturated rings. The Morgan fingerprint density at radius 1 is 0.821 bits per heavy atom. The van der Waals surface area contributed by atoms with Crippen LogP contribution in [0.4, 0.5) is 0 Å². The van der Waals surface area contributed by atoms with E-state index in [2.05, 4.69) is 54.5 Å². The van der Waals surface area contributed by atoms with Gasteiger partial charge < -0.3 is 29.5 Å². The van der Waals surface area contributed by atoms with E-state index in [0.29, 0.717) is 17.8 Å². The van der Waals surface area contributed by atoms with Gasteiger partial charge >= 0.3 is 5.97 Å². The molecule has 0 bridgehead atoms. The molecule has 56 heavy (non-hydrogen) atoms. The zero-order valence-corrected chi connectivity index (χ0v) is 37.0. The third kappa shape index (κ3) is 11.0. The number of allylic oxidation sites excluding steroid dienone is 1. The number of aliphatic hydroxyl groups is 3. The highest BCUT2D eigenvalue weighted by Gasteiger charge is 2.59. The SMILES string of the molecule is CCCCCCCCCCCCCC(=O)OCC1OC(OC2CCC3(C)C(=CCC4C3CCC3(C)C(C(C)CCC(CC)C(C)C)CCC43)C2)C(O)C(O)C1O. The second kappa shape index (κ2) is 21.5. The van der Waals surface area contributed by atoms with Gasteiger partial charge in [0.15, 0.2) is 6.29 Å². The van der Waals surface area contributed by atoms with Gasteiger partial charge in [-0.15, -0.1) is 0 Å². The van der Waals surface area contributed by atoms with E-state index in [0.717, 1.165) is 80.5 Å². The van der Waals surface area contributed by atoms with Gasteiger partial charge in [-0.05, 0) is 116 Å². The number of fused-ring (bicyclic) bond motifs is 5. The number of carbonyl (C=O) groups is 1. The molecule has 3 N–H and O–H groups in total. The van der Waals surface area contributed by atoms with E-state index in [1.165, 1.54) is 102 Å². The molecule has 1 saturated heterocycles. The molecule has 5 rings (SSSR count). The zero-order chi connectivity index (χ0) is 40.5. The van der Waals surface area contributed by atoms with Crippen molar-refractivity contribution < 1.29 is 34.3 Å². The first kappa shape index (κ1) is 46.1. The Balaban J connectivity index is 1.07. The first-order valence-electron chi connectivity index (χ1n) is 24.0. The summed E-state index contributed by atoms with van der Waals surface area (Å²) in [5, 5.41) is 32.4. The lowest BCUT2D eigenvalue weighted by molar-refractivity contribution is -0.313. The Morgan fingerprint density at radius 3 is 2.16 bits per heavy atom. The fraction of sp³-hybridized carbons (Fsp3) is 0.939. The predicted octanol–water partition coefficient (Wildman–Crippen LogP) is 11.1. The van der Waals surface area contributed by atoms with Crippen molar-refractivity contribution in [2.45, 2.75) is 233 Å². The summed E-state index contributed by atoms with van der Waals surface area (Å²) in [6.45, 7) is 17.0. The summed E-state index contributed by atoms with van der Waals surface area (Å²) in [5.41, 5.74) is 2.13. The number of esters is 1. The van der Waals surface area contributed by atoms with E-state index in [1.54, 1.807) is 0 Å². The maximum Gasteiger partial charge on any atom is 0.305 e. The van der Waals surface area contributed by atoms with Crippen LogP contribution in [0.2, 0.25) is 0 Å². The van der Waals surface area contributed by atoms with Crippen molar-refractivity contribution in [2.75, 3.05) is 6.61 Å². The van der Waals surface area contributed by atoms with Crippen LogP contribution in [0.25, 0.3) is 0 Å². The van der Waals surface area contributed by atoms with E-state index in [-0.39, 0.29) is 24.1 Å². The van der Waals surface area contributed by atoms with Gasteiger partial charge in [-0.2, -0.15) is 0 Å². The summed E-state index contributed by atoms with van der Waals surface area (Å²) in [6, 6.07) is 0. The Labute approximate surface area is 342 Å². The lowest BCUT2D eigenvalue weighted by Gasteiger charge is -2.58. The third-order valence-electron chi connectivity index (χ3n) is 16.7. The number of hydrogen-bond acceptors (Lipinski definition) is 7. The van der Waals surface area contributed by atoms with Gasteiger partial charge in [0.25, 0.3) is 0 Å². The second-order valence-electron chi connectivity index (χ2n) is 20.4. The number of hydrogen-bond donors (Lipinski definition) is 3.